The van der Waals surface area contributed by atoms with Crippen LogP contribution in [0.25, 0.3) is 0 Å². The first-order valence-electron chi connectivity index (χ1n) is 15.6. The van der Waals surface area contributed by atoms with Gasteiger partial charge in [-0.3, -0.25) is 19.3 Å². The van der Waals surface area contributed by atoms with Gasteiger partial charge in [0.25, 0.3) is 0 Å². The molecule has 0 bridgehead atoms. The number of nitrogens with zero attached hydrogens (tertiary/aromatic N) is 1. The third-order valence-corrected chi connectivity index (χ3v) is 7.83. The number of aliphatic hydroxyl groups is 1. The number of unbranched alkanes of at least 4 members (excludes halogenated alkanes) is 2. The molecule has 240 valence electrons. The highest BCUT2D eigenvalue weighted by atomic mass is 16.7. The van der Waals surface area contributed by atoms with E-state index in [9.17, 15) is 19.5 Å². The fourth-order valence-electron chi connectivity index (χ4n) is 5.70. The highest BCUT2D eigenvalue weighted by molar-refractivity contribution is 5.90. The van der Waals surface area contributed by atoms with Gasteiger partial charge in [0.15, 0.2) is 6.29 Å². The van der Waals surface area contributed by atoms with E-state index in [1.165, 1.54) is 0 Å². The van der Waals surface area contributed by atoms with Gasteiger partial charge in [-0.15, -0.1) is 0 Å². The maximum Gasteiger partial charge on any atom is 0.323 e. The van der Waals surface area contributed by atoms with Crippen LogP contribution in [0.15, 0.2) is 48.5 Å². The number of aliphatic hydroxyl groups excluding tert-OH is 1. The number of carbonyl (C=O) groups excluding carboxylic acids is 2. The second-order valence-electron chi connectivity index (χ2n) is 12.7. The molecule has 10 heteroatoms. The van der Waals surface area contributed by atoms with Crippen molar-refractivity contribution < 1.29 is 38.8 Å². The summed E-state index contributed by atoms with van der Waals surface area (Å²) >= 11 is 0. The number of esters is 1. The molecule has 0 radical (unpaired) electrons. The Balaban J connectivity index is 1.46. The van der Waals surface area contributed by atoms with E-state index in [0.717, 1.165) is 36.1 Å². The molecule has 0 aliphatic carbocycles. The van der Waals surface area contributed by atoms with Gasteiger partial charge in [0.2, 0.25) is 5.91 Å². The van der Waals surface area contributed by atoms with Gasteiger partial charge in [0.05, 0.1) is 18.8 Å². The maximum atomic E-state index is 13.0. The predicted molar refractivity (Wildman–Crippen MR) is 165 cm³/mol. The van der Waals surface area contributed by atoms with Crippen molar-refractivity contribution in [3.05, 3.63) is 65.2 Å². The molecule has 4 atom stereocenters. The van der Waals surface area contributed by atoms with Crippen molar-refractivity contribution in [3.8, 4) is 0 Å². The van der Waals surface area contributed by atoms with Crippen LogP contribution < -0.4 is 5.32 Å². The van der Waals surface area contributed by atoms with E-state index < -0.39 is 17.9 Å². The van der Waals surface area contributed by atoms with Gasteiger partial charge in [-0.05, 0) is 76.3 Å². The van der Waals surface area contributed by atoms with Gasteiger partial charge in [-0.2, -0.15) is 0 Å². The van der Waals surface area contributed by atoms with E-state index in [-0.39, 0.29) is 43.2 Å². The Morgan fingerprint density at radius 2 is 1.75 bits per heavy atom. The van der Waals surface area contributed by atoms with E-state index in [4.69, 9.17) is 19.3 Å². The number of carboxylic acid groups (broad SMARTS) is 1. The first-order valence-corrected chi connectivity index (χ1v) is 15.6. The summed E-state index contributed by atoms with van der Waals surface area (Å²) in [5.41, 5.74) is 2.62. The van der Waals surface area contributed by atoms with Crippen LogP contribution in [0.5, 0.6) is 0 Å². The molecule has 1 amide bonds. The Hall–Kier alpha value is -3.31. The fraction of sp³-hybridized carbons (Fsp3) is 0.559. The average molecular weight is 611 g/mol. The zero-order valence-corrected chi connectivity index (χ0v) is 26.0. The predicted octanol–water partition coefficient (Wildman–Crippen LogP) is 5.50. The minimum absolute atomic E-state index is 0.0397. The monoisotopic (exact) mass is 610 g/mol. The van der Waals surface area contributed by atoms with Gasteiger partial charge in [-0.1, -0.05) is 42.8 Å². The van der Waals surface area contributed by atoms with Gasteiger partial charge in [0.1, 0.15) is 11.6 Å². The van der Waals surface area contributed by atoms with E-state index in [0.29, 0.717) is 44.3 Å². The molecule has 2 aliphatic heterocycles. The first-order chi connectivity index (χ1) is 21.0. The molecular weight excluding hydrogens is 564 g/mol. The fourth-order valence-corrected chi connectivity index (χ4v) is 5.70. The molecular formula is C34H46N2O8. The van der Waals surface area contributed by atoms with E-state index in [2.05, 4.69) is 10.2 Å². The molecule has 3 N–H and O–H groups in total. The Morgan fingerprint density at radius 1 is 1.00 bits per heavy atom. The van der Waals surface area contributed by atoms with Crippen LogP contribution >= 0.6 is 0 Å². The SMILES string of the molecule is CC(C)(C)OC(=O)[C@@H]1CCCN1C[C@@H]1C[C@H](c2ccc(CO)cc2)O[C@H](c2cccc(NC(=O)CCCCCC(=O)O)c2)O1. The molecule has 0 aromatic heterocycles. The Morgan fingerprint density at radius 3 is 2.45 bits per heavy atom. The highest BCUT2D eigenvalue weighted by Crippen LogP contribution is 2.39. The lowest BCUT2D eigenvalue weighted by Crippen LogP contribution is -2.45. The summed E-state index contributed by atoms with van der Waals surface area (Å²) in [5.74, 6) is -1.17. The van der Waals surface area contributed by atoms with Crippen LogP contribution in [-0.2, 0) is 35.2 Å². The summed E-state index contributed by atoms with van der Waals surface area (Å²) in [6, 6.07) is 14.8. The third kappa shape index (κ3) is 10.1. The number of benzene rings is 2. The molecule has 0 spiro atoms. The van der Waals surface area contributed by atoms with Crippen LogP contribution in [0.3, 0.4) is 0 Å². The number of rotatable bonds is 13. The lowest BCUT2D eigenvalue weighted by molar-refractivity contribution is -0.253. The summed E-state index contributed by atoms with van der Waals surface area (Å²) in [4.78, 5) is 38.4. The third-order valence-electron chi connectivity index (χ3n) is 7.83. The van der Waals surface area contributed by atoms with Gasteiger partial charge >= 0.3 is 11.9 Å². The zero-order valence-electron chi connectivity index (χ0n) is 26.0. The first kappa shape index (κ1) is 33.6. The van der Waals surface area contributed by atoms with E-state index in [1.807, 2.05) is 69.3 Å². The number of ether oxygens (including phenoxy) is 3. The van der Waals surface area contributed by atoms with Crippen molar-refractivity contribution >= 4 is 23.5 Å². The highest BCUT2D eigenvalue weighted by Gasteiger charge is 2.39. The Bertz CT molecular complexity index is 1260. The van der Waals surface area contributed by atoms with Crippen LogP contribution in [0.1, 0.15) is 101 Å². The van der Waals surface area contributed by atoms with Crippen LogP contribution in [0.4, 0.5) is 5.69 Å². The largest absolute Gasteiger partial charge is 0.481 e. The molecule has 2 heterocycles. The second kappa shape index (κ2) is 15.6. The van der Waals surface area contributed by atoms with Crippen molar-refractivity contribution in [2.45, 2.75) is 109 Å². The molecule has 0 unspecified atom stereocenters. The van der Waals surface area contributed by atoms with Crippen LogP contribution in [-0.4, -0.2) is 63.8 Å². The molecule has 2 aromatic carbocycles. The van der Waals surface area contributed by atoms with Crippen molar-refractivity contribution in [2.24, 2.45) is 0 Å². The lowest BCUT2D eigenvalue weighted by Gasteiger charge is -2.38. The zero-order chi connectivity index (χ0) is 31.7. The number of likely N-dealkylation sites (tertiary alicyclic amines) is 1. The summed E-state index contributed by atoms with van der Waals surface area (Å²) < 4.78 is 18.7. The molecule has 44 heavy (non-hydrogen) atoms. The summed E-state index contributed by atoms with van der Waals surface area (Å²) in [6.45, 7) is 6.92. The molecule has 2 aliphatic rings. The van der Waals surface area contributed by atoms with Crippen molar-refractivity contribution in [1.29, 1.82) is 0 Å². The van der Waals surface area contributed by atoms with E-state index >= 15 is 0 Å². The number of anilines is 1. The summed E-state index contributed by atoms with van der Waals surface area (Å²) in [7, 11) is 0. The number of aliphatic carboxylic acids is 1. The Labute approximate surface area is 259 Å². The van der Waals surface area contributed by atoms with Crippen LogP contribution in [0.2, 0.25) is 0 Å². The minimum Gasteiger partial charge on any atom is -0.481 e. The second-order valence-corrected chi connectivity index (χ2v) is 12.7. The van der Waals surface area contributed by atoms with Crippen molar-refractivity contribution in [3.63, 3.8) is 0 Å². The number of nitrogens with one attached hydrogen (secondary N) is 1. The maximum absolute atomic E-state index is 13.0. The van der Waals surface area contributed by atoms with Crippen molar-refractivity contribution in [1.82, 2.24) is 4.90 Å². The van der Waals surface area contributed by atoms with Gasteiger partial charge in [-0.25, -0.2) is 0 Å². The number of amides is 1. The molecule has 2 saturated heterocycles. The van der Waals surface area contributed by atoms with Gasteiger partial charge < -0.3 is 29.7 Å². The number of hydrogen-bond acceptors (Lipinski definition) is 8. The minimum atomic E-state index is -0.826. The normalized spacial score (nSPS) is 22.5. The topological polar surface area (TPSA) is 135 Å². The van der Waals surface area contributed by atoms with Crippen molar-refractivity contribution in [2.75, 3.05) is 18.4 Å². The Kier molecular flexibility index (Phi) is 11.9. The quantitative estimate of drug-likeness (QED) is 0.198. The summed E-state index contributed by atoms with van der Waals surface area (Å²) in [6.07, 6.45) is 3.29. The number of hydrogen-bond donors (Lipinski definition) is 3. The molecule has 2 aromatic rings. The number of carbonyl (C=O) groups is 3. The standard InChI is InChI=1S/C34H46N2O8/c1-34(2,3)44-32(41)28-11-8-18-36(28)21-27-20-29(24-16-14-23(22-37)15-17-24)43-33(42-27)25-9-7-10-26(19-25)35-30(38)12-5-4-6-13-31(39)40/h7,9-10,14-17,19,27-29,33,37H,4-6,8,11-13,18,20-22H2,1-3H3,(H,35,38)(H,39,40)/t27-,28-,29+,33+/m0/s1. The number of carboxylic acids is 1. The van der Waals surface area contributed by atoms with Crippen LogP contribution in [0, 0.1) is 0 Å². The molecule has 0 saturated carbocycles. The smallest absolute Gasteiger partial charge is 0.323 e. The average Bonchev–Trinajstić information content (AvgIpc) is 3.44. The van der Waals surface area contributed by atoms with E-state index in [1.54, 1.807) is 0 Å². The summed E-state index contributed by atoms with van der Waals surface area (Å²) in [5, 5.41) is 21.2. The van der Waals surface area contributed by atoms with Gasteiger partial charge in [0, 0.05) is 37.1 Å². The molecule has 4 rings (SSSR count). The lowest BCUT2D eigenvalue weighted by atomic mass is 9.99. The molecule has 2 fully saturated rings. The molecule has 10 nitrogen and oxygen atoms in total.